The van der Waals surface area contributed by atoms with Gasteiger partial charge < -0.3 is 9.88 Å². The number of aryl methyl sites for hydroxylation is 2. The molecule has 1 N–H and O–H groups in total. The summed E-state index contributed by atoms with van der Waals surface area (Å²) in [5.41, 5.74) is 1.36. The predicted octanol–water partition coefficient (Wildman–Crippen LogP) is 2.22. The second-order valence-electron chi connectivity index (χ2n) is 4.08. The Labute approximate surface area is 92.9 Å². The van der Waals surface area contributed by atoms with Gasteiger partial charge in [0.25, 0.3) is 0 Å². The third-order valence-corrected chi connectivity index (χ3v) is 2.65. The van der Waals surface area contributed by atoms with Crippen LogP contribution in [0.4, 0.5) is 0 Å². The summed E-state index contributed by atoms with van der Waals surface area (Å²) in [5.74, 6) is 0. The molecule has 0 bridgehead atoms. The Morgan fingerprint density at radius 2 is 2.27 bits per heavy atom. The van der Waals surface area contributed by atoms with E-state index in [0.717, 1.165) is 19.5 Å². The molecule has 0 aliphatic carbocycles. The lowest BCUT2D eigenvalue weighted by molar-refractivity contribution is 0.518. The summed E-state index contributed by atoms with van der Waals surface area (Å²) < 4.78 is 2.26. The van der Waals surface area contributed by atoms with Crippen molar-refractivity contribution in [2.75, 3.05) is 6.54 Å². The average molecular weight is 209 g/mol. The molecule has 0 amide bonds. The van der Waals surface area contributed by atoms with Crippen molar-refractivity contribution in [3.05, 3.63) is 18.2 Å². The maximum atomic E-state index is 4.21. The molecule has 1 rings (SSSR count). The zero-order valence-corrected chi connectivity index (χ0v) is 10.2. The normalized spacial score (nSPS) is 13.0. The van der Waals surface area contributed by atoms with Crippen molar-refractivity contribution in [2.24, 2.45) is 0 Å². The molecule has 1 aromatic rings. The topological polar surface area (TPSA) is 29.9 Å². The molecule has 3 heteroatoms. The van der Waals surface area contributed by atoms with Crippen molar-refractivity contribution in [2.45, 2.75) is 52.6 Å². The molecule has 0 radical (unpaired) electrons. The highest BCUT2D eigenvalue weighted by molar-refractivity contribution is 4.98. The molecule has 1 atom stereocenters. The molecule has 3 nitrogen and oxygen atoms in total. The molecule has 1 heterocycles. The molecule has 0 aliphatic heterocycles. The van der Waals surface area contributed by atoms with Crippen LogP contribution in [0.1, 0.15) is 39.3 Å². The maximum Gasteiger partial charge on any atom is 0.0948 e. The van der Waals surface area contributed by atoms with E-state index >= 15 is 0 Å². The lowest BCUT2D eigenvalue weighted by atomic mass is 10.1. The molecule has 0 fully saturated rings. The molecular formula is C12H23N3. The minimum absolute atomic E-state index is 0.597. The van der Waals surface area contributed by atoms with Crippen LogP contribution in [0.25, 0.3) is 0 Å². The molecule has 0 saturated heterocycles. The summed E-state index contributed by atoms with van der Waals surface area (Å²) in [6.07, 6.45) is 7.41. The Bertz CT molecular complexity index is 268. The highest BCUT2D eigenvalue weighted by Gasteiger charge is 2.04. The van der Waals surface area contributed by atoms with Crippen LogP contribution in [0.5, 0.6) is 0 Å². The predicted molar refractivity (Wildman–Crippen MR) is 64.0 cm³/mol. The fourth-order valence-electron chi connectivity index (χ4n) is 1.81. The fraction of sp³-hybridized carbons (Fsp3) is 0.750. The van der Waals surface area contributed by atoms with Crippen molar-refractivity contribution in [1.82, 2.24) is 14.9 Å². The van der Waals surface area contributed by atoms with Crippen LogP contribution < -0.4 is 5.32 Å². The first kappa shape index (κ1) is 12.2. The van der Waals surface area contributed by atoms with Gasteiger partial charge in [0.1, 0.15) is 0 Å². The third-order valence-electron chi connectivity index (χ3n) is 2.65. The van der Waals surface area contributed by atoms with Gasteiger partial charge in [-0.1, -0.05) is 13.8 Å². The number of nitrogens with zero attached hydrogens (tertiary/aromatic N) is 2. The first-order valence-electron chi connectivity index (χ1n) is 6.00. The average Bonchev–Trinajstić information content (AvgIpc) is 2.64. The summed E-state index contributed by atoms with van der Waals surface area (Å²) in [6, 6.07) is 0.597. The van der Waals surface area contributed by atoms with Gasteiger partial charge >= 0.3 is 0 Å². The van der Waals surface area contributed by atoms with Crippen molar-refractivity contribution >= 4 is 0 Å². The number of rotatable bonds is 7. The van der Waals surface area contributed by atoms with E-state index in [1.54, 1.807) is 0 Å². The van der Waals surface area contributed by atoms with E-state index in [0.29, 0.717) is 6.04 Å². The van der Waals surface area contributed by atoms with Gasteiger partial charge in [0.15, 0.2) is 0 Å². The maximum absolute atomic E-state index is 4.21. The number of aromatic nitrogens is 2. The Kier molecular flexibility index (Phi) is 5.40. The van der Waals surface area contributed by atoms with Crippen LogP contribution in [-0.2, 0) is 13.0 Å². The van der Waals surface area contributed by atoms with E-state index < -0.39 is 0 Å². The van der Waals surface area contributed by atoms with Gasteiger partial charge in [0.05, 0.1) is 6.33 Å². The molecular weight excluding hydrogens is 186 g/mol. The van der Waals surface area contributed by atoms with Crippen molar-refractivity contribution in [3.8, 4) is 0 Å². The van der Waals surface area contributed by atoms with Crippen molar-refractivity contribution < 1.29 is 0 Å². The van der Waals surface area contributed by atoms with Crippen LogP contribution in [0.3, 0.4) is 0 Å². The summed E-state index contributed by atoms with van der Waals surface area (Å²) in [5, 5.41) is 3.43. The van der Waals surface area contributed by atoms with Gasteiger partial charge in [-0.2, -0.15) is 0 Å². The number of hydrogen-bond donors (Lipinski definition) is 1. The van der Waals surface area contributed by atoms with Gasteiger partial charge in [-0.15, -0.1) is 0 Å². The van der Waals surface area contributed by atoms with E-state index in [1.165, 1.54) is 18.5 Å². The Balaban J connectivity index is 2.39. The van der Waals surface area contributed by atoms with Gasteiger partial charge in [-0.05, 0) is 32.7 Å². The summed E-state index contributed by atoms with van der Waals surface area (Å²) >= 11 is 0. The molecule has 15 heavy (non-hydrogen) atoms. The van der Waals surface area contributed by atoms with Crippen LogP contribution in [0.2, 0.25) is 0 Å². The second kappa shape index (κ2) is 6.62. The fourth-order valence-corrected chi connectivity index (χ4v) is 1.81. The van der Waals surface area contributed by atoms with Gasteiger partial charge in [0, 0.05) is 24.5 Å². The van der Waals surface area contributed by atoms with E-state index in [4.69, 9.17) is 0 Å². The zero-order chi connectivity index (χ0) is 11.1. The first-order valence-corrected chi connectivity index (χ1v) is 6.00. The number of nitrogens with one attached hydrogen (secondary N) is 1. The third kappa shape index (κ3) is 4.04. The molecule has 0 spiro atoms. The minimum Gasteiger partial charge on any atom is -0.335 e. The smallest absolute Gasteiger partial charge is 0.0948 e. The van der Waals surface area contributed by atoms with E-state index in [9.17, 15) is 0 Å². The first-order chi connectivity index (χ1) is 7.27. The number of imidazole rings is 1. The van der Waals surface area contributed by atoms with Crippen LogP contribution >= 0.6 is 0 Å². The summed E-state index contributed by atoms with van der Waals surface area (Å²) in [7, 11) is 0. The standard InChI is InChI=1S/C12H23N3/c1-4-8-15-10-13-9-12(15)7-6-11(3)14-5-2/h9-11,14H,4-8H2,1-3H3. The SMILES string of the molecule is CCCn1cncc1CCC(C)NCC. The molecule has 0 aromatic carbocycles. The number of hydrogen-bond acceptors (Lipinski definition) is 2. The monoisotopic (exact) mass is 209 g/mol. The lowest BCUT2D eigenvalue weighted by Gasteiger charge is -2.12. The van der Waals surface area contributed by atoms with Crippen LogP contribution in [-0.4, -0.2) is 22.1 Å². The largest absolute Gasteiger partial charge is 0.335 e. The molecule has 1 aromatic heterocycles. The molecule has 86 valence electrons. The molecule has 0 aliphatic rings. The van der Waals surface area contributed by atoms with Gasteiger partial charge in [0.2, 0.25) is 0 Å². The van der Waals surface area contributed by atoms with Crippen LogP contribution in [0, 0.1) is 0 Å². The molecule has 0 saturated carbocycles. The Morgan fingerprint density at radius 3 is 2.93 bits per heavy atom. The van der Waals surface area contributed by atoms with Crippen molar-refractivity contribution in [3.63, 3.8) is 0 Å². The van der Waals surface area contributed by atoms with E-state index in [-0.39, 0.29) is 0 Å². The minimum atomic E-state index is 0.597. The van der Waals surface area contributed by atoms with Crippen LogP contribution in [0.15, 0.2) is 12.5 Å². The van der Waals surface area contributed by atoms with E-state index in [2.05, 4.69) is 35.6 Å². The Morgan fingerprint density at radius 1 is 1.47 bits per heavy atom. The van der Waals surface area contributed by atoms with E-state index in [1.807, 2.05) is 12.5 Å². The van der Waals surface area contributed by atoms with Crippen molar-refractivity contribution in [1.29, 1.82) is 0 Å². The second-order valence-corrected chi connectivity index (χ2v) is 4.08. The van der Waals surface area contributed by atoms with Gasteiger partial charge in [-0.3, -0.25) is 0 Å². The quantitative estimate of drug-likeness (QED) is 0.746. The van der Waals surface area contributed by atoms with Gasteiger partial charge in [-0.25, -0.2) is 4.98 Å². The summed E-state index contributed by atoms with van der Waals surface area (Å²) in [6.45, 7) is 8.73. The molecule has 1 unspecified atom stereocenters. The highest BCUT2D eigenvalue weighted by Crippen LogP contribution is 2.06. The summed E-state index contributed by atoms with van der Waals surface area (Å²) in [4.78, 5) is 4.21. The lowest BCUT2D eigenvalue weighted by Crippen LogP contribution is -2.26. The Hall–Kier alpha value is -0.830. The zero-order valence-electron chi connectivity index (χ0n) is 10.2. The highest BCUT2D eigenvalue weighted by atomic mass is 15.0.